The molecule has 1 aliphatic rings. The Labute approximate surface area is 115 Å². The molecule has 2 rings (SSSR count). The summed E-state index contributed by atoms with van der Waals surface area (Å²) in [6.45, 7) is 3.57. The molecule has 98 valence electrons. The molecule has 1 aliphatic heterocycles. The Balaban J connectivity index is 1.99. The predicted molar refractivity (Wildman–Crippen MR) is 75.1 cm³/mol. The summed E-state index contributed by atoms with van der Waals surface area (Å²) in [5.74, 6) is -0.149. The normalized spacial score (nSPS) is 17.7. The topological polar surface area (TPSA) is 61.6 Å². The standard InChI is InChI=1S/C12H17BrN4O/c1-16-4-6-17(7-5-16)15-12(18)10-3-2-9(13)8-11(10)14/h2-3,8H,4-7,14H2,1H3,(H,15,18). The maximum Gasteiger partial charge on any atom is 0.267 e. The first kappa shape index (κ1) is 13.3. The molecule has 0 unspecified atom stereocenters. The number of piperazine rings is 1. The number of halogens is 1. The quantitative estimate of drug-likeness (QED) is 0.797. The molecule has 0 bridgehead atoms. The molecule has 0 radical (unpaired) electrons. The van der Waals surface area contributed by atoms with Gasteiger partial charge in [-0.3, -0.25) is 10.2 Å². The number of hydrazine groups is 1. The number of hydrogen-bond donors (Lipinski definition) is 2. The van der Waals surface area contributed by atoms with E-state index in [0.29, 0.717) is 11.3 Å². The summed E-state index contributed by atoms with van der Waals surface area (Å²) in [5.41, 5.74) is 9.71. The predicted octanol–water partition coefficient (Wildman–Crippen LogP) is 0.923. The van der Waals surface area contributed by atoms with Gasteiger partial charge in [-0.2, -0.15) is 0 Å². The lowest BCUT2D eigenvalue weighted by molar-refractivity contribution is 0.0663. The van der Waals surface area contributed by atoms with Gasteiger partial charge in [-0.1, -0.05) is 15.9 Å². The van der Waals surface area contributed by atoms with Crippen molar-refractivity contribution in [3.63, 3.8) is 0 Å². The van der Waals surface area contributed by atoms with Gasteiger partial charge in [-0.25, -0.2) is 5.01 Å². The van der Waals surface area contributed by atoms with Crippen LogP contribution in [0.25, 0.3) is 0 Å². The largest absolute Gasteiger partial charge is 0.398 e. The number of anilines is 1. The maximum absolute atomic E-state index is 12.1. The van der Waals surface area contributed by atoms with E-state index in [1.54, 1.807) is 12.1 Å². The molecule has 1 saturated heterocycles. The Bertz CT molecular complexity index is 444. The fraction of sp³-hybridized carbons (Fsp3) is 0.417. The van der Waals surface area contributed by atoms with Gasteiger partial charge in [0.1, 0.15) is 0 Å². The van der Waals surface area contributed by atoms with Gasteiger partial charge in [0.25, 0.3) is 5.91 Å². The number of nitrogen functional groups attached to an aromatic ring is 1. The Morgan fingerprint density at radius 2 is 2.00 bits per heavy atom. The summed E-state index contributed by atoms with van der Waals surface area (Å²) in [4.78, 5) is 14.3. The van der Waals surface area contributed by atoms with Crippen molar-refractivity contribution in [3.05, 3.63) is 28.2 Å². The summed E-state index contributed by atoms with van der Waals surface area (Å²) < 4.78 is 0.871. The van der Waals surface area contributed by atoms with Crippen molar-refractivity contribution < 1.29 is 4.79 Å². The van der Waals surface area contributed by atoms with Crippen LogP contribution in [0.3, 0.4) is 0 Å². The molecule has 5 nitrogen and oxygen atoms in total. The van der Waals surface area contributed by atoms with Crippen molar-refractivity contribution in [2.24, 2.45) is 0 Å². The summed E-state index contributed by atoms with van der Waals surface area (Å²) in [5, 5.41) is 1.93. The van der Waals surface area contributed by atoms with Gasteiger partial charge in [0, 0.05) is 36.3 Å². The average molecular weight is 313 g/mol. The van der Waals surface area contributed by atoms with Crippen molar-refractivity contribution in [3.8, 4) is 0 Å². The number of likely N-dealkylation sites (N-methyl/N-ethyl adjacent to an activating group) is 1. The van der Waals surface area contributed by atoms with E-state index in [1.165, 1.54) is 0 Å². The molecule has 1 fully saturated rings. The molecular weight excluding hydrogens is 296 g/mol. The van der Waals surface area contributed by atoms with Gasteiger partial charge in [0.15, 0.2) is 0 Å². The molecule has 0 atom stereocenters. The van der Waals surface area contributed by atoms with Gasteiger partial charge < -0.3 is 10.6 Å². The minimum absolute atomic E-state index is 0.149. The number of benzene rings is 1. The van der Waals surface area contributed by atoms with Crippen molar-refractivity contribution in [1.29, 1.82) is 0 Å². The van der Waals surface area contributed by atoms with E-state index in [9.17, 15) is 4.79 Å². The van der Waals surface area contributed by atoms with Crippen molar-refractivity contribution in [1.82, 2.24) is 15.3 Å². The average Bonchev–Trinajstić information content (AvgIpc) is 2.32. The Morgan fingerprint density at radius 3 is 2.61 bits per heavy atom. The second kappa shape index (κ2) is 5.69. The van der Waals surface area contributed by atoms with E-state index in [-0.39, 0.29) is 5.91 Å². The van der Waals surface area contributed by atoms with Crippen LogP contribution in [0, 0.1) is 0 Å². The van der Waals surface area contributed by atoms with E-state index in [0.717, 1.165) is 30.7 Å². The number of carbonyl (C=O) groups is 1. The van der Waals surface area contributed by atoms with Crippen molar-refractivity contribution >= 4 is 27.5 Å². The lowest BCUT2D eigenvalue weighted by atomic mass is 10.2. The van der Waals surface area contributed by atoms with Crippen molar-refractivity contribution in [2.75, 3.05) is 39.0 Å². The van der Waals surface area contributed by atoms with Crippen LogP contribution in [-0.2, 0) is 0 Å². The molecule has 1 aromatic carbocycles. The summed E-state index contributed by atoms with van der Waals surface area (Å²) in [7, 11) is 2.08. The first-order chi connectivity index (χ1) is 8.56. The molecule has 1 heterocycles. The van der Waals surface area contributed by atoms with Crippen LogP contribution >= 0.6 is 15.9 Å². The third-order valence-corrected chi connectivity index (χ3v) is 3.51. The Morgan fingerprint density at radius 1 is 1.33 bits per heavy atom. The van der Waals surface area contributed by atoms with E-state index in [2.05, 4.69) is 33.3 Å². The highest BCUT2D eigenvalue weighted by molar-refractivity contribution is 9.10. The fourth-order valence-electron chi connectivity index (χ4n) is 1.86. The van der Waals surface area contributed by atoms with Crippen molar-refractivity contribution in [2.45, 2.75) is 0 Å². The summed E-state index contributed by atoms with van der Waals surface area (Å²) >= 11 is 3.32. The van der Waals surface area contributed by atoms with Gasteiger partial charge in [0.2, 0.25) is 0 Å². The zero-order valence-electron chi connectivity index (χ0n) is 10.3. The number of nitrogens with two attached hydrogens (primary N) is 1. The molecule has 0 aromatic heterocycles. The smallest absolute Gasteiger partial charge is 0.267 e. The first-order valence-corrected chi connectivity index (χ1v) is 6.65. The number of hydrogen-bond acceptors (Lipinski definition) is 4. The lowest BCUT2D eigenvalue weighted by Gasteiger charge is -2.32. The number of carbonyl (C=O) groups excluding carboxylic acids is 1. The van der Waals surface area contributed by atoms with E-state index in [4.69, 9.17) is 5.73 Å². The zero-order valence-corrected chi connectivity index (χ0v) is 11.9. The van der Waals surface area contributed by atoms with Crippen LogP contribution in [-0.4, -0.2) is 49.0 Å². The van der Waals surface area contributed by atoms with Crippen LogP contribution in [0.15, 0.2) is 22.7 Å². The SMILES string of the molecule is CN1CCN(NC(=O)c2ccc(Br)cc2N)CC1. The molecule has 6 heteroatoms. The fourth-order valence-corrected chi connectivity index (χ4v) is 2.24. The minimum Gasteiger partial charge on any atom is -0.398 e. The molecular formula is C12H17BrN4O. The Hall–Kier alpha value is -1.11. The highest BCUT2D eigenvalue weighted by atomic mass is 79.9. The van der Waals surface area contributed by atoms with Gasteiger partial charge >= 0.3 is 0 Å². The maximum atomic E-state index is 12.1. The lowest BCUT2D eigenvalue weighted by Crippen LogP contribution is -2.52. The Kier molecular flexibility index (Phi) is 4.21. The molecule has 0 spiro atoms. The third kappa shape index (κ3) is 3.22. The highest BCUT2D eigenvalue weighted by Crippen LogP contribution is 2.18. The monoisotopic (exact) mass is 312 g/mol. The van der Waals surface area contributed by atoms with Crippen LogP contribution in [0.1, 0.15) is 10.4 Å². The third-order valence-electron chi connectivity index (χ3n) is 3.02. The van der Waals surface area contributed by atoms with E-state index < -0.39 is 0 Å². The van der Waals surface area contributed by atoms with Gasteiger partial charge in [-0.05, 0) is 25.2 Å². The van der Waals surface area contributed by atoms with Crippen LogP contribution in [0.2, 0.25) is 0 Å². The number of rotatable bonds is 2. The van der Waals surface area contributed by atoms with E-state index >= 15 is 0 Å². The van der Waals surface area contributed by atoms with E-state index in [1.807, 2.05) is 11.1 Å². The zero-order chi connectivity index (χ0) is 13.1. The van der Waals surface area contributed by atoms with Gasteiger partial charge in [-0.15, -0.1) is 0 Å². The second-order valence-corrected chi connectivity index (χ2v) is 5.38. The van der Waals surface area contributed by atoms with Gasteiger partial charge in [0.05, 0.1) is 5.56 Å². The number of nitrogens with zero attached hydrogens (tertiary/aromatic N) is 2. The highest BCUT2D eigenvalue weighted by Gasteiger charge is 2.17. The molecule has 1 aromatic rings. The molecule has 1 amide bonds. The van der Waals surface area contributed by atoms with Crippen LogP contribution in [0.5, 0.6) is 0 Å². The second-order valence-electron chi connectivity index (χ2n) is 4.46. The minimum atomic E-state index is -0.149. The number of nitrogens with one attached hydrogen (secondary N) is 1. The molecule has 18 heavy (non-hydrogen) atoms. The molecule has 0 aliphatic carbocycles. The summed E-state index contributed by atoms with van der Waals surface area (Å²) in [6, 6.07) is 5.28. The number of amides is 1. The van der Waals surface area contributed by atoms with Crippen LogP contribution in [0.4, 0.5) is 5.69 Å². The molecule has 0 saturated carbocycles. The molecule has 3 N–H and O–H groups in total. The van der Waals surface area contributed by atoms with Crippen LogP contribution < -0.4 is 11.2 Å². The summed E-state index contributed by atoms with van der Waals surface area (Å²) in [6.07, 6.45) is 0. The first-order valence-electron chi connectivity index (χ1n) is 5.86.